The molecule has 4 rings (SSSR count). The fourth-order valence-electron chi connectivity index (χ4n) is 7.85. The van der Waals surface area contributed by atoms with Crippen LogP contribution in [0.1, 0.15) is 169 Å². The molecule has 0 aliphatic rings. The van der Waals surface area contributed by atoms with Gasteiger partial charge in [-0.1, -0.05) is 105 Å². The van der Waals surface area contributed by atoms with Crippen LogP contribution in [0.2, 0.25) is 0 Å². The number of benzene rings is 4. The standard InChI is InChI=1S/C54H80O10/c1-7-11-15-21-29-59-47-35-41-42-36-48(60-30-22-16-12-8-2)50(62-32-24-18-14-10-4)38-44(42)46-40-52(64-34-26-20-28-54(56)58-6)51(63-33-25-19-27-53(55)57-5)39-45(46)43(41)37-49(47)61-31-23-17-13-9-3/h35-40H,7-34H2,1-6H3. The SMILES string of the molecule is CCCCCCOc1cc2c3cc(OCCCCCC)c(OCCCCCC)cc3c3cc(OCCCCC(=O)OC)c(OCCCCC(=O)OC)cc3c2cc1OCCCCCC. The Kier molecular flexibility index (Phi) is 24.8. The van der Waals surface area contributed by atoms with Crippen molar-refractivity contribution in [2.45, 2.75) is 169 Å². The van der Waals surface area contributed by atoms with Gasteiger partial charge in [0.25, 0.3) is 0 Å². The predicted octanol–water partition coefficient (Wildman–Crippen LogP) is 14.4. The van der Waals surface area contributed by atoms with Crippen molar-refractivity contribution in [3.63, 3.8) is 0 Å². The van der Waals surface area contributed by atoms with Crippen molar-refractivity contribution in [2.75, 3.05) is 53.9 Å². The quantitative estimate of drug-likeness (QED) is 0.0249. The normalized spacial score (nSPS) is 11.3. The van der Waals surface area contributed by atoms with Gasteiger partial charge >= 0.3 is 11.9 Å². The molecular formula is C54H80O10. The first kappa shape index (κ1) is 52.0. The summed E-state index contributed by atoms with van der Waals surface area (Å²) >= 11 is 0. The van der Waals surface area contributed by atoms with Crippen LogP contribution in [-0.4, -0.2) is 65.8 Å². The average Bonchev–Trinajstić information content (AvgIpc) is 3.31. The number of ether oxygens (including phenoxy) is 8. The highest BCUT2D eigenvalue weighted by molar-refractivity contribution is 6.26. The lowest BCUT2D eigenvalue weighted by Crippen LogP contribution is -2.06. The molecule has 0 saturated heterocycles. The molecule has 0 fully saturated rings. The third kappa shape index (κ3) is 17.1. The zero-order valence-electron chi connectivity index (χ0n) is 40.3. The number of carbonyl (C=O) groups is 2. The van der Waals surface area contributed by atoms with E-state index in [9.17, 15) is 9.59 Å². The summed E-state index contributed by atoms with van der Waals surface area (Å²) in [5, 5.41) is 6.03. The first-order chi connectivity index (χ1) is 31.4. The second-order valence-corrected chi connectivity index (χ2v) is 16.9. The Labute approximate surface area is 384 Å². The minimum absolute atomic E-state index is 0.234. The number of esters is 2. The molecule has 0 N–H and O–H groups in total. The molecule has 356 valence electrons. The van der Waals surface area contributed by atoms with E-state index >= 15 is 0 Å². The van der Waals surface area contributed by atoms with E-state index in [-0.39, 0.29) is 11.9 Å². The minimum atomic E-state index is -0.234. The first-order valence-electron chi connectivity index (χ1n) is 24.8. The monoisotopic (exact) mass is 889 g/mol. The van der Waals surface area contributed by atoms with Gasteiger partial charge in [-0.3, -0.25) is 9.59 Å². The van der Waals surface area contributed by atoms with Crippen LogP contribution < -0.4 is 28.4 Å². The van der Waals surface area contributed by atoms with Crippen LogP contribution in [-0.2, 0) is 19.1 Å². The lowest BCUT2D eigenvalue weighted by atomic mass is 9.93. The topological polar surface area (TPSA) is 108 Å². The van der Waals surface area contributed by atoms with Gasteiger partial charge in [-0.15, -0.1) is 0 Å². The van der Waals surface area contributed by atoms with E-state index in [0.29, 0.717) is 89.7 Å². The first-order valence-corrected chi connectivity index (χ1v) is 24.8. The molecule has 10 nitrogen and oxygen atoms in total. The Morgan fingerprint density at radius 3 is 0.703 bits per heavy atom. The molecule has 0 bridgehead atoms. The van der Waals surface area contributed by atoms with E-state index in [1.165, 1.54) is 39.9 Å². The lowest BCUT2D eigenvalue weighted by Gasteiger charge is -2.21. The van der Waals surface area contributed by atoms with E-state index in [0.717, 1.165) is 132 Å². The second kappa shape index (κ2) is 30.5. The number of carbonyl (C=O) groups excluding carboxylic acids is 2. The maximum absolute atomic E-state index is 11.9. The van der Waals surface area contributed by atoms with Crippen LogP contribution in [0.5, 0.6) is 34.5 Å². The fraction of sp³-hybridized carbons (Fsp3) is 0.630. The number of unbranched alkanes of at least 4 members (excludes halogenated alkanes) is 14. The summed E-state index contributed by atoms with van der Waals surface area (Å²) in [6.45, 7) is 12.1. The van der Waals surface area contributed by atoms with Crippen molar-refractivity contribution >= 4 is 44.3 Å². The smallest absolute Gasteiger partial charge is 0.305 e. The summed E-state index contributed by atoms with van der Waals surface area (Å²) in [4.78, 5) is 23.7. The number of hydrogen-bond donors (Lipinski definition) is 0. The van der Waals surface area contributed by atoms with Crippen LogP contribution in [0.3, 0.4) is 0 Å². The molecule has 0 saturated carbocycles. The van der Waals surface area contributed by atoms with Crippen LogP contribution in [0, 0.1) is 0 Å². The van der Waals surface area contributed by atoms with Crippen LogP contribution in [0.15, 0.2) is 36.4 Å². The highest BCUT2D eigenvalue weighted by atomic mass is 16.5. The molecule has 0 aliphatic carbocycles. The minimum Gasteiger partial charge on any atom is -0.490 e. The summed E-state index contributed by atoms with van der Waals surface area (Å²) < 4.78 is 49.2. The zero-order chi connectivity index (χ0) is 45.8. The molecule has 0 unspecified atom stereocenters. The van der Waals surface area contributed by atoms with Gasteiger partial charge in [0.1, 0.15) is 0 Å². The highest BCUT2D eigenvalue weighted by Crippen LogP contribution is 2.47. The molecule has 4 aromatic carbocycles. The van der Waals surface area contributed by atoms with E-state index in [1.807, 2.05) is 0 Å². The van der Waals surface area contributed by atoms with Crippen molar-refractivity contribution in [3.05, 3.63) is 36.4 Å². The molecule has 0 heterocycles. The van der Waals surface area contributed by atoms with Crippen molar-refractivity contribution in [2.24, 2.45) is 0 Å². The molecule has 0 atom stereocenters. The molecule has 4 aromatic rings. The maximum Gasteiger partial charge on any atom is 0.305 e. The number of rotatable bonds is 36. The van der Waals surface area contributed by atoms with Gasteiger partial charge in [0.05, 0.1) is 53.9 Å². The molecule has 0 amide bonds. The van der Waals surface area contributed by atoms with Gasteiger partial charge in [0.2, 0.25) is 0 Å². The second-order valence-electron chi connectivity index (χ2n) is 16.9. The third-order valence-electron chi connectivity index (χ3n) is 11.7. The highest BCUT2D eigenvalue weighted by Gasteiger charge is 2.21. The maximum atomic E-state index is 11.9. The predicted molar refractivity (Wildman–Crippen MR) is 260 cm³/mol. The van der Waals surface area contributed by atoms with Crippen molar-refractivity contribution in [1.29, 1.82) is 0 Å². The van der Waals surface area contributed by atoms with Crippen molar-refractivity contribution in [1.82, 2.24) is 0 Å². The van der Waals surface area contributed by atoms with Gasteiger partial charge in [-0.25, -0.2) is 0 Å². The molecule has 0 aromatic heterocycles. The fourth-order valence-corrected chi connectivity index (χ4v) is 7.85. The van der Waals surface area contributed by atoms with Gasteiger partial charge in [-0.2, -0.15) is 0 Å². The van der Waals surface area contributed by atoms with Crippen molar-refractivity contribution in [3.8, 4) is 34.5 Å². The summed E-state index contributed by atoms with van der Waals surface area (Å²) in [5.41, 5.74) is 0. The van der Waals surface area contributed by atoms with Crippen LogP contribution >= 0.6 is 0 Å². The molecule has 10 heteroatoms. The molecule has 0 spiro atoms. The van der Waals surface area contributed by atoms with E-state index in [2.05, 4.69) is 64.1 Å². The van der Waals surface area contributed by atoms with Crippen molar-refractivity contribution < 1.29 is 47.5 Å². The lowest BCUT2D eigenvalue weighted by molar-refractivity contribution is -0.141. The van der Waals surface area contributed by atoms with E-state index in [1.54, 1.807) is 0 Å². The van der Waals surface area contributed by atoms with E-state index in [4.69, 9.17) is 37.9 Å². The summed E-state index contributed by atoms with van der Waals surface area (Å²) in [7, 11) is 2.82. The largest absolute Gasteiger partial charge is 0.490 e. The summed E-state index contributed by atoms with van der Waals surface area (Å²) in [5.74, 6) is 3.70. The van der Waals surface area contributed by atoms with Crippen LogP contribution in [0.25, 0.3) is 32.3 Å². The Bertz CT molecular complexity index is 1830. The number of hydrogen-bond acceptors (Lipinski definition) is 10. The van der Waals surface area contributed by atoms with Gasteiger partial charge in [0, 0.05) is 12.8 Å². The Morgan fingerprint density at radius 2 is 0.516 bits per heavy atom. The number of fused-ring (bicyclic) bond motifs is 6. The Balaban J connectivity index is 1.94. The Morgan fingerprint density at radius 1 is 0.312 bits per heavy atom. The molecule has 0 radical (unpaired) electrons. The zero-order valence-corrected chi connectivity index (χ0v) is 40.3. The van der Waals surface area contributed by atoms with Crippen LogP contribution in [0.4, 0.5) is 0 Å². The molecule has 0 aliphatic heterocycles. The third-order valence-corrected chi connectivity index (χ3v) is 11.7. The Hall–Kier alpha value is -4.60. The number of methoxy groups -OCH3 is 2. The van der Waals surface area contributed by atoms with E-state index < -0.39 is 0 Å². The van der Waals surface area contributed by atoms with Gasteiger partial charge in [0.15, 0.2) is 34.5 Å². The molecular weight excluding hydrogens is 809 g/mol. The van der Waals surface area contributed by atoms with Gasteiger partial charge < -0.3 is 37.9 Å². The summed E-state index contributed by atoms with van der Waals surface area (Å²) in [6, 6.07) is 12.8. The van der Waals surface area contributed by atoms with Gasteiger partial charge in [-0.05, 0) is 120 Å². The summed E-state index contributed by atoms with van der Waals surface area (Å²) in [6.07, 6.45) is 21.0. The average molecular weight is 889 g/mol. The molecule has 64 heavy (non-hydrogen) atoms.